The van der Waals surface area contributed by atoms with Gasteiger partial charge < -0.3 is 6.53 Å². The van der Waals surface area contributed by atoms with Crippen LogP contribution in [0.5, 0.6) is 0 Å². The third-order valence-electron chi connectivity index (χ3n) is 5.24. The van der Waals surface area contributed by atoms with E-state index in [0.717, 1.165) is 0 Å². The molecule has 4 bridgehead atoms. The van der Waals surface area contributed by atoms with E-state index in [1.165, 1.54) is 0 Å². The average Bonchev–Trinajstić information content (AvgIpc) is 2.46. The monoisotopic (exact) mass is 430 g/mol. The van der Waals surface area contributed by atoms with Crippen LogP contribution in [0.1, 0.15) is 1.43 Å². The van der Waals surface area contributed by atoms with Crippen LogP contribution in [-0.4, -0.2) is 63.2 Å². The van der Waals surface area contributed by atoms with Crippen molar-refractivity contribution in [1.29, 1.82) is 0 Å². The molecular formula is C10H2F15LiO. The summed E-state index contributed by atoms with van der Waals surface area (Å²) in [4.78, 5) is 0. The van der Waals surface area contributed by atoms with Crippen LogP contribution in [0.3, 0.4) is 0 Å². The van der Waals surface area contributed by atoms with E-state index in [9.17, 15) is 65.9 Å². The van der Waals surface area contributed by atoms with Crippen molar-refractivity contribution in [3.8, 4) is 0 Å². The predicted octanol–water partition coefficient (Wildman–Crippen LogP) is 0.811. The van der Waals surface area contributed by atoms with Crippen LogP contribution in [-0.2, 0) is 0 Å². The van der Waals surface area contributed by atoms with E-state index in [1.807, 2.05) is 0 Å². The molecule has 4 aliphatic rings. The Bertz CT molecular complexity index is 525. The standard InChI is InChI=1S/C10HF15O.Li.H/c11-1-5(15,16)2(12)8(21,22)3(13,6(1,17)18)10(25,26)4(14,7(1,19)20)9(2,23)24;;/h26H;;/q;+1;-1. The van der Waals surface area contributed by atoms with Gasteiger partial charge in [0.25, 0.3) is 0 Å². The van der Waals surface area contributed by atoms with E-state index in [-0.39, 0.29) is 20.3 Å². The van der Waals surface area contributed by atoms with Crippen LogP contribution < -0.4 is 18.9 Å². The minimum absolute atomic E-state index is 0. The summed E-state index contributed by atoms with van der Waals surface area (Å²) in [6.45, 7) is 0. The van der Waals surface area contributed by atoms with E-state index < -0.39 is 58.1 Å². The molecule has 0 radical (unpaired) electrons. The molecule has 0 saturated heterocycles. The third-order valence-corrected chi connectivity index (χ3v) is 5.24. The first-order valence-corrected chi connectivity index (χ1v) is 6.06. The minimum atomic E-state index is -7.86. The normalized spacial score (nSPS) is 55.1. The first kappa shape index (κ1) is 22.8. The van der Waals surface area contributed by atoms with Crippen molar-refractivity contribution in [3.63, 3.8) is 0 Å². The van der Waals surface area contributed by atoms with Gasteiger partial charge in [-0.1, -0.05) is 0 Å². The second kappa shape index (κ2) is 4.33. The Morgan fingerprint density at radius 3 is 0.704 bits per heavy atom. The summed E-state index contributed by atoms with van der Waals surface area (Å²) < 4.78 is 207. The quantitative estimate of drug-likeness (QED) is 0.446. The average molecular weight is 430 g/mol. The summed E-state index contributed by atoms with van der Waals surface area (Å²) in [5, 5.41) is 8.64. The number of hydrogen-bond donors (Lipinski definition) is 1. The van der Waals surface area contributed by atoms with Crippen molar-refractivity contribution in [2.75, 3.05) is 0 Å². The SMILES string of the molecule is OC1(F)C2(F)C(F)(F)C3(F)C(F)(F)C1(F)C(F)(F)C(F)(C2(F)F)C3(F)F.[H-].[Li+]. The molecule has 0 heterocycles. The van der Waals surface area contributed by atoms with Crippen LogP contribution in [0.25, 0.3) is 0 Å². The maximum absolute atomic E-state index is 14.1. The minimum Gasteiger partial charge on any atom is -1.00 e. The number of rotatable bonds is 0. The van der Waals surface area contributed by atoms with Crippen LogP contribution in [0, 0.1) is 0 Å². The summed E-state index contributed by atoms with van der Waals surface area (Å²) in [6, 6.07) is 0. The number of hydrogen-bond acceptors (Lipinski definition) is 1. The Kier molecular flexibility index (Phi) is 3.65. The van der Waals surface area contributed by atoms with Gasteiger partial charge in [-0.2, -0.15) is 43.9 Å². The van der Waals surface area contributed by atoms with Crippen molar-refractivity contribution in [3.05, 3.63) is 0 Å². The zero-order valence-electron chi connectivity index (χ0n) is 13.1. The molecule has 0 aliphatic heterocycles. The molecular weight excluding hydrogens is 428 g/mol. The maximum Gasteiger partial charge on any atom is 1.00 e. The van der Waals surface area contributed by atoms with Crippen LogP contribution in [0.2, 0.25) is 0 Å². The molecule has 0 aromatic rings. The molecule has 4 saturated carbocycles. The van der Waals surface area contributed by atoms with Crippen molar-refractivity contribution >= 4 is 0 Å². The molecule has 154 valence electrons. The fourth-order valence-corrected chi connectivity index (χ4v) is 3.83. The van der Waals surface area contributed by atoms with E-state index in [4.69, 9.17) is 5.11 Å². The molecule has 0 atom stereocenters. The van der Waals surface area contributed by atoms with E-state index in [0.29, 0.717) is 0 Å². The van der Waals surface area contributed by atoms with Gasteiger partial charge in [0, 0.05) is 0 Å². The third kappa shape index (κ3) is 1.22. The van der Waals surface area contributed by atoms with Crippen molar-refractivity contribution in [1.82, 2.24) is 0 Å². The fourth-order valence-electron chi connectivity index (χ4n) is 3.83. The zero-order chi connectivity index (χ0) is 21.0. The summed E-state index contributed by atoms with van der Waals surface area (Å²) in [5.74, 6) is -46.4. The first-order chi connectivity index (χ1) is 11.0. The molecule has 17 heteroatoms. The van der Waals surface area contributed by atoms with Gasteiger partial charge in [-0.25, -0.2) is 22.0 Å². The van der Waals surface area contributed by atoms with Crippen molar-refractivity contribution in [2.24, 2.45) is 0 Å². The summed E-state index contributed by atoms with van der Waals surface area (Å²) in [7, 11) is 0. The Balaban J connectivity index is 0.00000196. The molecule has 4 fully saturated rings. The Morgan fingerprint density at radius 1 is 0.370 bits per heavy atom. The van der Waals surface area contributed by atoms with Gasteiger partial charge in [-0.05, 0) is 0 Å². The number of halogens is 15. The molecule has 0 amide bonds. The smallest absolute Gasteiger partial charge is 1.00 e. The van der Waals surface area contributed by atoms with Crippen LogP contribution >= 0.6 is 0 Å². The van der Waals surface area contributed by atoms with Gasteiger partial charge in [-0.3, -0.25) is 0 Å². The topological polar surface area (TPSA) is 20.2 Å². The molecule has 0 unspecified atom stereocenters. The van der Waals surface area contributed by atoms with E-state index in [2.05, 4.69) is 0 Å². The summed E-state index contributed by atoms with van der Waals surface area (Å²) >= 11 is 0. The molecule has 27 heavy (non-hydrogen) atoms. The first-order valence-electron chi connectivity index (χ1n) is 6.06. The Labute approximate surface area is 150 Å². The van der Waals surface area contributed by atoms with Crippen LogP contribution in [0.15, 0.2) is 0 Å². The second-order valence-corrected chi connectivity index (χ2v) is 6.13. The molecule has 0 spiro atoms. The van der Waals surface area contributed by atoms with E-state index in [1.54, 1.807) is 0 Å². The molecule has 0 aromatic heterocycles. The molecule has 1 nitrogen and oxygen atoms in total. The van der Waals surface area contributed by atoms with E-state index >= 15 is 0 Å². The summed E-state index contributed by atoms with van der Waals surface area (Å²) in [6.07, 6.45) is 0. The molecule has 1 N–H and O–H groups in total. The zero-order valence-corrected chi connectivity index (χ0v) is 12.1. The summed E-state index contributed by atoms with van der Waals surface area (Å²) in [5.41, 5.74) is -30.7. The number of alkyl halides is 15. The van der Waals surface area contributed by atoms with Gasteiger partial charge in [0.05, 0.1) is 0 Å². The molecule has 4 aliphatic carbocycles. The Hall–Kier alpha value is -0.493. The number of aliphatic hydroxyl groups is 1. The van der Waals surface area contributed by atoms with Gasteiger partial charge in [-0.15, -0.1) is 0 Å². The van der Waals surface area contributed by atoms with Crippen molar-refractivity contribution < 1.29 is 91.2 Å². The predicted molar refractivity (Wildman–Crippen MR) is 47.3 cm³/mol. The van der Waals surface area contributed by atoms with Gasteiger partial charge in [0.15, 0.2) is 0 Å². The Morgan fingerprint density at radius 2 is 0.519 bits per heavy atom. The molecule has 0 aromatic carbocycles. The fraction of sp³-hybridized carbons (Fsp3) is 1.00. The van der Waals surface area contributed by atoms with Crippen LogP contribution in [0.4, 0.5) is 65.9 Å². The largest absolute Gasteiger partial charge is 1.00 e. The van der Waals surface area contributed by atoms with Gasteiger partial charge >= 0.3 is 77.0 Å². The maximum atomic E-state index is 14.1. The van der Waals surface area contributed by atoms with Gasteiger partial charge in [0.2, 0.25) is 0 Å². The van der Waals surface area contributed by atoms with Crippen molar-refractivity contribution in [2.45, 2.75) is 58.1 Å². The second-order valence-electron chi connectivity index (χ2n) is 6.13. The molecule has 4 rings (SSSR count). The van der Waals surface area contributed by atoms with Gasteiger partial charge in [0.1, 0.15) is 0 Å².